The van der Waals surface area contributed by atoms with Gasteiger partial charge in [0.1, 0.15) is 11.3 Å². The van der Waals surface area contributed by atoms with E-state index in [0.717, 1.165) is 58.0 Å². The lowest BCUT2D eigenvalue weighted by molar-refractivity contribution is 0.666. The first-order valence-electron chi connectivity index (χ1n) is 7.55. The van der Waals surface area contributed by atoms with Crippen LogP contribution in [0.2, 0.25) is 0 Å². The fourth-order valence-corrected chi connectivity index (χ4v) is 4.88. The van der Waals surface area contributed by atoms with Crippen molar-refractivity contribution in [3.8, 4) is 0 Å². The molecule has 3 N–H and O–H groups in total. The van der Waals surface area contributed by atoms with E-state index in [2.05, 4.69) is 48.5 Å². The summed E-state index contributed by atoms with van der Waals surface area (Å²) < 4.78 is 14.2. The molecular formula is C16H18BrFN4S2. The minimum atomic E-state index is -0.386. The number of hydrogen-bond donors (Lipinski definition) is 3. The maximum absolute atomic E-state index is 13.3. The number of imidazole rings is 1. The molecule has 0 aliphatic heterocycles. The molecular weight excluding hydrogens is 411 g/mol. The Morgan fingerprint density at radius 1 is 1.42 bits per heavy atom. The molecule has 0 unspecified atom stereocenters. The van der Waals surface area contributed by atoms with E-state index in [4.69, 9.17) is 0 Å². The standard InChI is InChI=1S/C16H18BrFN4S2/c1-9-13(24-15(10(2)18)14(9)17)6-19-4-3-5-20-16-21-11-7-23-8-12(11)22-16/h7-8,19H,2-6H2,1H3,(H2,20,21,22). The van der Waals surface area contributed by atoms with Crippen LogP contribution in [0.5, 0.6) is 0 Å². The summed E-state index contributed by atoms with van der Waals surface area (Å²) in [4.78, 5) is 9.42. The first-order valence-corrected chi connectivity index (χ1v) is 10.1. The van der Waals surface area contributed by atoms with Gasteiger partial charge in [0.25, 0.3) is 0 Å². The molecule has 0 radical (unpaired) electrons. The van der Waals surface area contributed by atoms with E-state index in [1.807, 2.05) is 12.3 Å². The van der Waals surface area contributed by atoms with Crippen molar-refractivity contribution in [1.82, 2.24) is 15.3 Å². The van der Waals surface area contributed by atoms with E-state index in [-0.39, 0.29) is 5.83 Å². The van der Waals surface area contributed by atoms with Gasteiger partial charge in [-0.05, 0) is 41.4 Å². The largest absolute Gasteiger partial charge is 0.356 e. The van der Waals surface area contributed by atoms with Crippen molar-refractivity contribution in [2.45, 2.75) is 19.9 Å². The molecule has 0 saturated heterocycles. The Labute approximate surface area is 156 Å². The van der Waals surface area contributed by atoms with E-state index < -0.39 is 0 Å². The quantitative estimate of drug-likeness (QED) is 0.427. The van der Waals surface area contributed by atoms with Crippen molar-refractivity contribution in [2.75, 3.05) is 18.4 Å². The molecule has 128 valence electrons. The van der Waals surface area contributed by atoms with E-state index >= 15 is 0 Å². The van der Waals surface area contributed by atoms with E-state index in [1.54, 1.807) is 11.3 Å². The molecule has 3 aromatic heterocycles. The Morgan fingerprint density at radius 3 is 2.96 bits per heavy atom. The number of thiophene rings is 2. The third-order valence-corrected chi connectivity index (χ3v) is 6.97. The average molecular weight is 429 g/mol. The Kier molecular flexibility index (Phi) is 5.70. The van der Waals surface area contributed by atoms with Crippen LogP contribution in [0, 0.1) is 6.92 Å². The predicted molar refractivity (Wildman–Crippen MR) is 106 cm³/mol. The smallest absolute Gasteiger partial charge is 0.201 e. The Balaban J connectivity index is 1.40. The minimum absolute atomic E-state index is 0.386. The topological polar surface area (TPSA) is 52.7 Å². The Hall–Kier alpha value is -1.22. The van der Waals surface area contributed by atoms with Crippen LogP contribution < -0.4 is 10.6 Å². The van der Waals surface area contributed by atoms with Crippen molar-refractivity contribution in [2.24, 2.45) is 0 Å². The highest BCUT2D eigenvalue weighted by atomic mass is 79.9. The summed E-state index contributed by atoms with van der Waals surface area (Å²) >= 11 is 6.52. The SMILES string of the molecule is C=C(F)c1sc(CNCCCNc2nc3cscc3[nH]2)c(C)c1Br. The molecule has 0 spiro atoms. The van der Waals surface area contributed by atoms with Gasteiger partial charge in [0, 0.05) is 33.2 Å². The first kappa shape index (κ1) is 17.6. The number of aromatic nitrogens is 2. The Morgan fingerprint density at radius 2 is 2.25 bits per heavy atom. The van der Waals surface area contributed by atoms with Gasteiger partial charge < -0.3 is 15.6 Å². The molecule has 3 aromatic rings. The number of rotatable bonds is 8. The third-order valence-electron chi connectivity index (χ3n) is 3.65. The maximum Gasteiger partial charge on any atom is 0.201 e. The zero-order valence-electron chi connectivity index (χ0n) is 13.2. The molecule has 0 saturated carbocycles. The lowest BCUT2D eigenvalue weighted by Crippen LogP contribution is -2.17. The van der Waals surface area contributed by atoms with E-state index in [1.165, 1.54) is 11.3 Å². The van der Waals surface area contributed by atoms with Gasteiger partial charge in [0.15, 0.2) is 0 Å². The molecule has 0 aliphatic rings. The van der Waals surface area contributed by atoms with E-state index in [0.29, 0.717) is 4.88 Å². The highest BCUT2D eigenvalue weighted by molar-refractivity contribution is 9.10. The fraction of sp³-hybridized carbons (Fsp3) is 0.312. The maximum atomic E-state index is 13.3. The molecule has 3 rings (SSSR count). The van der Waals surface area contributed by atoms with Gasteiger partial charge in [-0.15, -0.1) is 22.7 Å². The summed E-state index contributed by atoms with van der Waals surface area (Å²) in [7, 11) is 0. The molecule has 0 amide bonds. The van der Waals surface area contributed by atoms with Gasteiger partial charge in [0.05, 0.1) is 10.4 Å². The predicted octanol–water partition coefficient (Wildman–Crippen LogP) is 5.29. The van der Waals surface area contributed by atoms with Crippen LogP contribution in [0.3, 0.4) is 0 Å². The number of fused-ring (bicyclic) bond motifs is 1. The Bertz CT molecular complexity index is 823. The van der Waals surface area contributed by atoms with Gasteiger partial charge >= 0.3 is 0 Å². The van der Waals surface area contributed by atoms with Crippen LogP contribution in [0.1, 0.15) is 21.7 Å². The summed E-state index contributed by atoms with van der Waals surface area (Å²) in [6.07, 6.45) is 0.974. The zero-order chi connectivity index (χ0) is 17.1. The van der Waals surface area contributed by atoms with Gasteiger partial charge in [-0.3, -0.25) is 0 Å². The fourth-order valence-electron chi connectivity index (χ4n) is 2.33. The van der Waals surface area contributed by atoms with Crippen molar-refractivity contribution in [3.63, 3.8) is 0 Å². The highest BCUT2D eigenvalue weighted by Gasteiger charge is 2.14. The summed E-state index contributed by atoms with van der Waals surface area (Å²) in [5.74, 6) is 0.431. The van der Waals surface area contributed by atoms with Crippen LogP contribution in [-0.4, -0.2) is 23.1 Å². The van der Waals surface area contributed by atoms with Gasteiger partial charge in [-0.25, -0.2) is 9.37 Å². The molecule has 0 fully saturated rings. The van der Waals surface area contributed by atoms with Gasteiger partial charge in [-0.1, -0.05) is 6.58 Å². The summed E-state index contributed by atoms with van der Waals surface area (Å²) in [6, 6.07) is 0. The number of anilines is 1. The third kappa shape index (κ3) is 3.88. The lowest BCUT2D eigenvalue weighted by Gasteiger charge is -2.05. The lowest BCUT2D eigenvalue weighted by atomic mass is 10.2. The second kappa shape index (κ2) is 7.77. The van der Waals surface area contributed by atoms with Crippen LogP contribution in [0.15, 0.2) is 21.8 Å². The molecule has 0 bridgehead atoms. The van der Waals surface area contributed by atoms with Crippen molar-refractivity contribution >= 4 is 61.4 Å². The number of H-pyrrole nitrogens is 1. The van der Waals surface area contributed by atoms with E-state index in [9.17, 15) is 4.39 Å². The molecule has 3 heterocycles. The average Bonchev–Trinajstić information content (AvgIpc) is 3.19. The molecule has 0 aromatic carbocycles. The molecule has 24 heavy (non-hydrogen) atoms. The van der Waals surface area contributed by atoms with Crippen molar-refractivity contribution < 1.29 is 4.39 Å². The number of halogens is 2. The van der Waals surface area contributed by atoms with Crippen LogP contribution in [-0.2, 0) is 6.54 Å². The first-order chi connectivity index (χ1) is 11.6. The molecule has 0 atom stereocenters. The van der Waals surface area contributed by atoms with Crippen LogP contribution in [0.25, 0.3) is 16.9 Å². The number of nitrogens with zero attached hydrogens (tertiary/aromatic N) is 1. The number of aromatic amines is 1. The molecule has 8 heteroatoms. The van der Waals surface area contributed by atoms with Crippen LogP contribution >= 0.6 is 38.6 Å². The second-order valence-electron chi connectivity index (χ2n) is 5.41. The number of hydrogen-bond acceptors (Lipinski definition) is 5. The minimum Gasteiger partial charge on any atom is -0.356 e. The number of nitrogens with one attached hydrogen (secondary N) is 3. The van der Waals surface area contributed by atoms with Crippen molar-refractivity contribution in [3.05, 3.63) is 37.1 Å². The summed E-state index contributed by atoms with van der Waals surface area (Å²) in [5.41, 5.74) is 3.16. The zero-order valence-corrected chi connectivity index (χ0v) is 16.4. The monoisotopic (exact) mass is 428 g/mol. The van der Waals surface area contributed by atoms with Crippen molar-refractivity contribution in [1.29, 1.82) is 0 Å². The van der Waals surface area contributed by atoms with Gasteiger partial charge in [-0.2, -0.15) is 0 Å². The van der Waals surface area contributed by atoms with Crippen LogP contribution in [0.4, 0.5) is 10.3 Å². The van der Waals surface area contributed by atoms with Gasteiger partial charge in [0.2, 0.25) is 5.95 Å². The summed E-state index contributed by atoms with van der Waals surface area (Å²) in [5, 5.41) is 10.8. The normalized spacial score (nSPS) is 11.3. The molecule has 4 nitrogen and oxygen atoms in total. The molecule has 0 aliphatic carbocycles. The second-order valence-corrected chi connectivity index (χ2v) is 8.05. The summed E-state index contributed by atoms with van der Waals surface area (Å²) in [6.45, 7) is 7.82. The highest BCUT2D eigenvalue weighted by Crippen LogP contribution is 2.37.